The van der Waals surface area contributed by atoms with Crippen molar-refractivity contribution in [2.24, 2.45) is 5.41 Å². The van der Waals surface area contributed by atoms with Gasteiger partial charge in [-0.1, -0.05) is 39.0 Å². The van der Waals surface area contributed by atoms with E-state index in [4.69, 9.17) is 9.47 Å². The minimum Gasteiger partial charge on any atom is -0.489 e. The fourth-order valence-electron chi connectivity index (χ4n) is 2.51. The van der Waals surface area contributed by atoms with Crippen molar-refractivity contribution in [3.05, 3.63) is 41.8 Å². The Morgan fingerprint density at radius 2 is 1.96 bits per heavy atom. The van der Waals surface area contributed by atoms with E-state index >= 15 is 0 Å². The number of hydrogen-bond donors (Lipinski definition) is 0. The van der Waals surface area contributed by atoms with E-state index in [2.05, 4.69) is 0 Å². The first kappa shape index (κ1) is 17.9. The van der Waals surface area contributed by atoms with E-state index in [-0.39, 0.29) is 23.7 Å². The number of fused-ring (bicyclic) bond motifs is 1. The second kappa shape index (κ2) is 7.12. The van der Waals surface area contributed by atoms with Gasteiger partial charge in [0.25, 0.3) is 0 Å². The number of benzene rings is 1. The Morgan fingerprint density at radius 3 is 2.60 bits per heavy atom. The second-order valence-corrected chi connectivity index (χ2v) is 8.37. The minimum absolute atomic E-state index is 0.00563. The molecule has 0 spiro atoms. The van der Waals surface area contributed by atoms with Gasteiger partial charge in [-0.15, -0.1) is 11.8 Å². The third-order valence-corrected chi connectivity index (χ3v) is 5.49. The molecular weight excluding hydrogens is 338 g/mol. The molecule has 3 rings (SSSR count). The van der Waals surface area contributed by atoms with E-state index in [0.29, 0.717) is 18.9 Å². The van der Waals surface area contributed by atoms with Crippen LogP contribution in [0.2, 0.25) is 0 Å². The Hall–Kier alpha value is -1.95. The summed E-state index contributed by atoms with van der Waals surface area (Å²) in [5.41, 5.74) is 0.433. The first-order valence-corrected chi connectivity index (χ1v) is 9.41. The average Bonchev–Trinajstić information content (AvgIpc) is 2.57. The van der Waals surface area contributed by atoms with Crippen LogP contribution >= 0.6 is 11.8 Å². The first-order valence-electron chi connectivity index (χ1n) is 8.36. The molecule has 0 aromatic heterocycles. The molecule has 0 unspecified atom stereocenters. The minimum atomic E-state index is -0.469. The molecule has 1 aromatic rings. The van der Waals surface area contributed by atoms with Crippen molar-refractivity contribution in [1.29, 1.82) is 0 Å². The number of β-lactam (4-membered cyclic amide) rings is 1. The number of hydrogen-bond acceptors (Lipinski definition) is 5. The number of thioether (sulfide) groups is 1. The molecule has 0 bridgehead atoms. The smallest absolute Gasteiger partial charge is 0.233 e. The fourth-order valence-corrected chi connectivity index (χ4v) is 3.73. The van der Waals surface area contributed by atoms with Crippen LogP contribution in [0.5, 0.6) is 5.75 Å². The standard InChI is InChI=1S/C19H23NO4S/c1-19(2,3)15(21)11-24-18-13(10-23-14-7-5-4-6-8-14)12-25-17-9-16(22)20(17)18/h4-8,17H,9-12H2,1-3H3/t17-/m0/s1. The molecule has 2 heterocycles. The van der Waals surface area contributed by atoms with E-state index in [1.165, 1.54) is 0 Å². The van der Waals surface area contributed by atoms with E-state index in [1.807, 2.05) is 51.1 Å². The summed E-state index contributed by atoms with van der Waals surface area (Å²) in [7, 11) is 0. The third-order valence-electron chi connectivity index (χ3n) is 4.21. The highest BCUT2D eigenvalue weighted by molar-refractivity contribution is 8.00. The number of carbonyl (C=O) groups excluding carboxylic acids is 2. The van der Waals surface area contributed by atoms with Crippen LogP contribution in [0.3, 0.4) is 0 Å². The Balaban J connectivity index is 1.74. The molecule has 1 atom stereocenters. The number of ketones is 1. The fraction of sp³-hybridized carbons (Fsp3) is 0.474. The number of nitrogens with zero attached hydrogens (tertiary/aromatic N) is 1. The summed E-state index contributed by atoms with van der Waals surface area (Å²) in [6.07, 6.45) is 0.525. The molecule has 0 radical (unpaired) electrons. The third kappa shape index (κ3) is 4.00. The number of rotatable bonds is 6. The molecule has 1 aromatic carbocycles. The number of amides is 1. The number of ether oxygens (including phenoxy) is 2. The van der Waals surface area contributed by atoms with Gasteiger partial charge in [-0.3, -0.25) is 14.5 Å². The van der Waals surface area contributed by atoms with Crippen LogP contribution in [0.4, 0.5) is 0 Å². The van der Waals surface area contributed by atoms with Crippen molar-refractivity contribution >= 4 is 23.5 Å². The molecule has 5 nitrogen and oxygen atoms in total. The van der Waals surface area contributed by atoms with Gasteiger partial charge in [0, 0.05) is 16.7 Å². The highest BCUT2D eigenvalue weighted by Crippen LogP contribution is 2.40. The molecule has 25 heavy (non-hydrogen) atoms. The van der Waals surface area contributed by atoms with Gasteiger partial charge in [-0.05, 0) is 12.1 Å². The largest absolute Gasteiger partial charge is 0.489 e. The predicted molar refractivity (Wildman–Crippen MR) is 97.1 cm³/mol. The topological polar surface area (TPSA) is 55.8 Å². The maximum absolute atomic E-state index is 12.2. The van der Waals surface area contributed by atoms with Crippen molar-refractivity contribution < 1.29 is 19.1 Å². The van der Waals surface area contributed by atoms with Crippen molar-refractivity contribution in [2.45, 2.75) is 32.6 Å². The molecule has 1 amide bonds. The van der Waals surface area contributed by atoms with E-state index in [9.17, 15) is 9.59 Å². The highest BCUT2D eigenvalue weighted by atomic mass is 32.2. The summed E-state index contributed by atoms with van der Waals surface area (Å²) in [4.78, 5) is 25.9. The van der Waals surface area contributed by atoms with Gasteiger partial charge in [0.15, 0.2) is 5.78 Å². The van der Waals surface area contributed by atoms with Crippen LogP contribution in [0.25, 0.3) is 0 Å². The summed E-state index contributed by atoms with van der Waals surface area (Å²) in [6, 6.07) is 9.52. The Labute approximate surface area is 152 Å². The lowest BCUT2D eigenvalue weighted by atomic mass is 9.91. The maximum Gasteiger partial charge on any atom is 0.233 e. The van der Waals surface area contributed by atoms with Gasteiger partial charge in [0.2, 0.25) is 11.8 Å². The van der Waals surface area contributed by atoms with Crippen LogP contribution in [0.15, 0.2) is 41.8 Å². The molecule has 134 valence electrons. The summed E-state index contributed by atoms with van der Waals surface area (Å²) >= 11 is 1.71. The lowest BCUT2D eigenvalue weighted by Crippen LogP contribution is -2.53. The van der Waals surface area contributed by atoms with Crippen LogP contribution in [0, 0.1) is 5.41 Å². The Morgan fingerprint density at radius 1 is 1.24 bits per heavy atom. The van der Waals surface area contributed by atoms with Crippen molar-refractivity contribution in [3.63, 3.8) is 0 Å². The van der Waals surface area contributed by atoms with Gasteiger partial charge < -0.3 is 9.47 Å². The second-order valence-electron chi connectivity index (χ2n) is 7.21. The number of para-hydroxylation sites is 1. The average molecular weight is 361 g/mol. The van der Waals surface area contributed by atoms with E-state index in [0.717, 1.165) is 17.1 Å². The summed E-state index contributed by atoms with van der Waals surface area (Å²) < 4.78 is 11.6. The van der Waals surface area contributed by atoms with Gasteiger partial charge in [0.05, 0.1) is 11.8 Å². The SMILES string of the molecule is CC(C)(C)C(=O)COC1=C(COc2ccccc2)CS[C@H]2CC(=O)N12. The lowest BCUT2D eigenvalue weighted by molar-refractivity contribution is -0.145. The normalized spacial score (nSPS) is 20.0. The zero-order chi connectivity index (χ0) is 18.0. The van der Waals surface area contributed by atoms with Gasteiger partial charge >= 0.3 is 0 Å². The zero-order valence-corrected chi connectivity index (χ0v) is 15.6. The van der Waals surface area contributed by atoms with Gasteiger partial charge in [-0.2, -0.15) is 0 Å². The zero-order valence-electron chi connectivity index (χ0n) is 14.8. The highest BCUT2D eigenvalue weighted by Gasteiger charge is 2.44. The van der Waals surface area contributed by atoms with Crippen molar-refractivity contribution in [2.75, 3.05) is 19.0 Å². The van der Waals surface area contributed by atoms with Crippen LogP contribution < -0.4 is 4.74 Å². The number of Topliss-reactive ketones (excluding diaryl/α,β-unsaturated/α-hetero) is 1. The summed E-state index contributed by atoms with van der Waals surface area (Å²) in [5.74, 6) is 2.05. The predicted octanol–water partition coefficient (Wildman–Crippen LogP) is 3.21. The molecule has 0 N–H and O–H groups in total. The molecule has 6 heteroatoms. The Bertz CT molecular complexity index is 693. The quantitative estimate of drug-likeness (QED) is 0.728. The number of carbonyl (C=O) groups is 2. The molecule has 2 aliphatic rings. The van der Waals surface area contributed by atoms with Gasteiger partial charge in [0.1, 0.15) is 19.0 Å². The summed E-state index contributed by atoms with van der Waals surface area (Å²) in [6.45, 7) is 5.89. The first-order chi connectivity index (χ1) is 11.9. The monoisotopic (exact) mass is 361 g/mol. The molecule has 1 fully saturated rings. The molecule has 0 aliphatic carbocycles. The maximum atomic E-state index is 12.2. The van der Waals surface area contributed by atoms with E-state index < -0.39 is 5.41 Å². The van der Waals surface area contributed by atoms with Crippen LogP contribution in [0.1, 0.15) is 27.2 Å². The molecule has 2 aliphatic heterocycles. The Kier molecular flexibility index (Phi) is 5.08. The van der Waals surface area contributed by atoms with Crippen molar-refractivity contribution in [3.8, 4) is 5.75 Å². The lowest BCUT2D eigenvalue weighted by Gasteiger charge is -2.44. The molecule has 0 saturated carbocycles. The van der Waals surface area contributed by atoms with Crippen LogP contribution in [-0.4, -0.2) is 40.9 Å². The van der Waals surface area contributed by atoms with E-state index in [1.54, 1.807) is 16.7 Å². The van der Waals surface area contributed by atoms with Crippen molar-refractivity contribution in [1.82, 2.24) is 4.90 Å². The van der Waals surface area contributed by atoms with Gasteiger partial charge in [-0.25, -0.2) is 0 Å². The molecule has 1 saturated heterocycles. The van der Waals surface area contributed by atoms with Crippen LogP contribution in [-0.2, 0) is 14.3 Å². The summed E-state index contributed by atoms with van der Waals surface area (Å²) in [5, 5.41) is 0.118. The molecular formula is C19H23NO4S.